The average molecular weight is 540 g/mol. The Morgan fingerprint density at radius 1 is 1.03 bits per heavy atom. The van der Waals surface area contributed by atoms with Gasteiger partial charge < -0.3 is 25.2 Å². The van der Waals surface area contributed by atoms with Gasteiger partial charge in [0.1, 0.15) is 35.5 Å². The third-order valence-electron chi connectivity index (χ3n) is 6.37. The molecule has 12 heteroatoms. The number of benzene rings is 2. The molecule has 1 aliphatic rings. The van der Waals surface area contributed by atoms with Gasteiger partial charge in [-0.25, -0.2) is 17.9 Å². The maximum atomic E-state index is 13.7. The lowest BCUT2D eigenvalue weighted by atomic mass is 9.95. The summed E-state index contributed by atoms with van der Waals surface area (Å²) < 4.78 is 47.7. The summed E-state index contributed by atoms with van der Waals surface area (Å²) in [6.07, 6.45) is -2.63. The van der Waals surface area contributed by atoms with E-state index in [1.807, 2.05) is 38.1 Å². The Kier molecular flexibility index (Phi) is 8.56. The zero-order chi connectivity index (χ0) is 26.9. The van der Waals surface area contributed by atoms with E-state index in [0.29, 0.717) is 0 Å². The molecule has 0 saturated carbocycles. The van der Waals surface area contributed by atoms with Crippen LogP contribution in [-0.2, 0) is 4.74 Å². The molecule has 200 valence electrons. The SMILES string of the molecule is CC(C)c1ccccc1C(CO)S[C@@H]1O[C@H](CO)[C@H](O)[C@H](n2cc(-c3cc(F)c(F)c(F)c3)nn2)[C@H]1O. The molecule has 2 aromatic carbocycles. The summed E-state index contributed by atoms with van der Waals surface area (Å²) in [6.45, 7) is 3.23. The summed E-state index contributed by atoms with van der Waals surface area (Å²) in [5, 5.41) is 49.4. The summed E-state index contributed by atoms with van der Waals surface area (Å²) >= 11 is 1.14. The van der Waals surface area contributed by atoms with E-state index in [1.54, 1.807) is 0 Å². The molecule has 0 radical (unpaired) electrons. The van der Waals surface area contributed by atoms with E-state index in [-0.39, 0.29) is 23.8 Å². The molecule has 1 aliphatic heterocycles. The molecule has 0 spiro atoms. The molecule has 1 unspecified atom stereocenters. The van der Waals surface area contributed by atoms with Gasteiger partial charge >= 0.3 is 0 Å². The third-order valence-corrected chi connectivity index (χ3v) is 7.76. The highest BCUT2D eigenvalue weighted by molar-refractivity contribution is 8.00. The van der Waals surface area contributed by atoms with Gasteiger partial charge in [0.25, 0.3) is 0 Å². The average Bonchev–Trinajstić information content (AvgIpc) is 3.36. The van der Waals surface area contributed by atoms with E-state index >= 15 is 0 Å². The number of rotatable bonds is 8. The van der Waals surface area contributed by atoms with Crippen molar-refractivity contribution in [3.8, 4) is 11.3 Å². The third kappa shape index (κ3) is 5.54. The summed E-state index contributed by atoms with van der Waals surface area (Å²) in [7, 11) is 0. The summed E-state index contributed by atoms with van der Waals surface area (Å²) in [5.41, 5.74) is 0.791. The van der Waals surface area contributed by atoms with E-state index in [2.05, 4.69) is 10.3 Å². The normalized spacial score (nSPS) is 25.0. The molecule has 6 atom stereocenters. The van der Waals surface area contributed by atoms with Gasteiger partial charge in [-0.2, -0.15) is 0 Å². The molecule has 2 heterocycles. The molecule has 0 bridgehead atoms. The number of halogens is 3. The fourth-order valence-electron chi connectivity index (χ4n) is 4.46. The number of hydrogen-bond donors (Lipinski definition) is 4. The van der Waals surface area contributed by atoms with Crippen LogP contribution < -0.4 is 0 Å². The first-order valence-corrected chi connectivity index (χ1v) is 12.6. The molecule has 8 nitrogen and oxygen atoms in total. The molecule has 4 rings (SSSR count). The van der Waals surface area contributed by atoms with Crippen LogP contribution in [0.25, 0.3) is 11.3 Å². The van der Waals surface area contributed by atoms with E-state index in [1.165, 1.54) is 6.20 Å². The zero-order valence-electron chi connectivity index (χ0n) is 20.1. The highest BCUT2D eigenvalue weighted by atomic mass is 32.2. The second kappa shape index (κ2) is 11.5. The fourth-order valence-corrected chi connectivity index (χ4v) is 5.76. The molecule has 1 aromatic heterocycles. The van der Waals surface area contributed by atoms with Crippen LogP contribution in [-0.4, -0.2) is 72.4 Å². The standard InChI is InChI=1S/C25H28F3N3O5S/c1-12(2)14-5-3-4-6-15(14)20(11-33)37-25-24(35)22(23(34)19(10-32)36-25)31-9-18(29-30-31)13-7-16(26)21(28)17(27)8-13/h3-9,12,19-20,22-25,32-35H,10-11H2,1-2H3/t19-,20?,22+,23+,24-,25+/m1/s1. The van der Waals surface area contributed by atoms with Gasteiger partial charge in [0, 0.05) is 5.56 Å². The predicted octanol–water partition coefficient (Wildman–Crippen LogP) is 2.93. The van der Waals surface area contributed by atoms with Crippen molar-refractivity contribution in [2.45, 2.75) is 54.8 Å². The second-order valence-corrected chi connectivity index (χ2v) is 10.4. The van der Waals surface area contributed by atoms with Crippen molar-refractivity contribution in [3.05, 3.63) is 71.2 Å². The number of aliphatic hydroxyl groups excluding tert-OH is 4. The molecule has 1 fully saturated rings. The van der Waals surface area contributed by atoms with Crippen molar-refractivity contribution in [2.75, 3.05) is 13.2 Å². The van der Waals surface area contributed by atoms with Crippen LogP contribution in [0.15, 0.2) is 42.6 Å². The lowest BCUT2D eigenvalue weighted by molar-refractivity contribution is -0.178. The van der Waals surface area contributed by atoms with Gasteiger partial charge in [0.05, 0.1) is 24.7 Å². The topological polar surface area (TPSA) is 121 Å². The van der Waals surface area contributed by atoms with Crippen LogP contribution in [0.1, 0.15) is 42.2 Å². The van der Waals surface area contributed by atoms with E-state index in [4.69, 9.17) is 4.74 Å². The van der Waals surface area contributed by atoms with Gasteiger partial charge in [0.2, 0.25) is 0 Å². The monoisotopic (exact) mass is 539 g/mol. The summed E-state index contributed by atoms with van der Waals surface area (Å²) in [6, 6.07) is 7.97. The number of nitrogens with zero attached hydrogens (tertiary/aromatic N) is 3. The second-order valence-electron chi connectivity index (χ2n) is 9.13. The predicted molar refractivity (Wildman–Crippen MR) is 130 cm³/mol. The smallest absolute Gasteiger partial charge is 0.194 e. The van der Waals surface area contributed by atoms with E-state index in [0.717, 1.165) is 39.7 Å². The quantitative estimate of drug-likeness (QED) is 0.323. The Morgan fingerprint density at radius 2 is 1.68 bits per heavy atom. The highest BCUT2D eigenvalue weighted by Crippen LogP contribution is 2.43. The Morgan fingerprint density at radius 3 is 2.27 bits per heavy atom. The van der Waals surface area contributed by atoms with Crippen LogP contribution >= 0.6 is 11.8 Å². The lowest BCUT2D eigenvalue weighted by Crippen LogP contribution is -2.55. The van der Waals surface area contributed by atoms with Gasteiger partial charge in [-0.1, -0.05) is 43.3 Å². The van der Waals surface area contributed by atoms with Crippen LogP contribution in [0.5, 0.6) is 0 Å². The number of ether oxygens (including phenoxy) is 1. The Labute approximate surface area is 215 Å². The Bertz CT molecular complexity index is 1210. The first-order valence-electron chi connectivity index (χ1n) is 11.7. The van der Waals surface area contributed by atoms with Crippen molar-refractivity contribution >= 4 is 11.8 Å². The Hall–Kier alpha value is -2.48. The van der Waals surface area contributed by atoms with Crippen molar-refractivity contribution in [1.29, 1.82) is 0 Å². The minimum Gasteiger partial charge on any atom is -0.395 e. The van der Waals surface area contributed by atoms with E-state index < -0.39 is 59.1 Å². The molecular weight excluding hydrogens is 511 g/mol. The first-order chi connectivity index (χ1) is 17.7. The van der Waals surface area contributed by atoms with Crippen LogP contribution in [0, 0.1) is 17.5 Å². The largest absolute Gasteiger partial charge is 0.395 e. The highest BCUT2D eigenvalue weighted by Gasteiger charge is 2.47. The van der Waals surface area contributed by atoms with Crippen molar-refractivity contribution in [3.63, 3.8) is 0 Å². The number of hydrogen-bond acceptors (Lipinski definition) is 8. The van der Waals surface area contributed by atoms with Crippen molar-refractivity contribution in [1.82, 2.24) is 15.0 Å². The van der Waals surface area contributed by atoms with Crippen LogP contribution in [0.2, 0.25) is 0 Å². The molecule has 0 aliphatic carbocycles. The van der Waals surface area contributed by atoms with Gasteiger partial charge in [0.15, 0.2) is 17.5 Å². The molecule has 37 heavy (non-hydrogen) atoms. The molecule has 1 saturated heterocycles. The minimum absolute atomic E-state index is 0.0208. The first kappa shape index (κ1) is 27.6. The fraction of sp³-hybridized carbons (Fsp3) is 0.440. The maximum Gasteiger partial charge on any atom is 0.194 e. The van der Waals surface area contributed by atoms with E-state index in [9.17, 15) is 33.6 Å². The van der Waals surface area contributed by atoms with Gasteiger partial charge in [-0.15, -0.1) is 16.9 Å². The molecule has 4 N–H and O–H groups in total. The van der Waals surface area contributed by atoms with Crippen molar-refractivity contribution in [2.24, 2.45) is 0 Å². The van der Waals surface area contributed by atoms with Crippen LogP contribution in [0.4, 0.5) is 13.2 Å². The molecule has 3 aromatic rings. The number of aromatic nitrogens is 3. The van der Waals surface area contributed by atoms with Crippen LogP contribution in [0.3, 0.4) is 0 Å². The van der Waals surface area contributed by atoms with Gasteiger partial charge in [-0.3, -0.25) is 0 Å². The van der Waals surface area contributed by atoms with Crippen molar-refractivity contribution < 1.29 is 38.3 Å². The lowest BCUT2D eigenvalue weighted by Gasteiger charge is -2.42. The molecular formula is C25H28F3N3O5S. The van der Waals surface area contributed by atoms with Gasteiger partial charge in [-0.05, 0) is 29.2 Å². The summed E-state index contributed by atoms with van der Waals surface area (Å²) in [5.74, 6) is -4.24. The number of thioether (sulfide) groups is 1. The number of aliphatic hydroxyl groups is 4. The summed E-state index contributed by atoms with van der Waals surface area (Å²) in [4.78, 5) is 0. The zero-order valence-corrected chi connectivity index (χ0v) is 20.9. The maximum absolute atomic E-state index is 13.7. The molecule has 0 amide bonds. The Balaban J connectivity index is 1.63. The minimum atomic E-state index is -1.62.